The van der Waals surface area contributed by atoms with Crippen molar-refractivity contribution in [2.75, 3.05) is 6.54 Å². The van der Waals surface area contributed by atoms with Crippen LogP contribution in [0.2, 0.25) is 0 Å². The zero-order valence-corrected chi connectivity index (χ0v) is 13.1. The second-order valence-electron chi connectivity index (χ2n) is 5.39. The summed E-state index contributed by atoms with van der Waals surface area (Å²) in [7, 11) is 0. The van der Waals surface area contributed by atoms with Gasteiger partial charge in [0.1, 0.15) is 12.4 Å². The van der Waals surface area contributed by atoms with Crippen LogP contribution in [0.4, 0.5) is 0 Å². The first-order valence-electron chi connectivity index (χ1n) is 7.76. The summed E-state index contributed by atoms with van der Waals surface area (Å²) in [6, 6.07) is 16.7. The van der Waals surface area contributed by atoms with Gasteiger partial charge in [-0.15, -0.1) is 0 Å². The fourth-order valence-electron chi connectivity index (χ4n) is 2.17. The molecule has 0 fully saturated rings. The zero-order valence-electron chi connectivity index (χ0n) is 13.1. The molecule has 0 atom stereocenters. The molecule has 0 unspecified atom stereocenters. The van der Waals surface area contributed by atoms with E-state index in [4.69, 9.17) is 4.74 Å². The van der Waals surface area contributed by atoms with E-state index in [1.165, 1.54) is 29.5 Å². The minimum absolute atomic E-state index is 0.626. The standard InChI is InChI=1S/C19H25NO/c1-3-4-13-20-14-17-9-11-19(12-10-17)21-15-18-8-6-5-7-16(18)2/h5-12,20H,3-4,13-15H2,1-2H3. The van der Waals surface area contributed by atoms with Crippen LogP contribution in [0.5, 0.6) is 5.75 Å². The summed E-state index contributed by atoms with van der Waals surface area (Å²) in [5.74, 6) is 0.926. The molecule has 0 spiro atoms. The Hall–Kier alpha value is -1.80. The first kappa shape index (κ1) is 15.6. The van der Waals surface area contributed by atoms with Crippen molar-refractivity contribution in [3.05, 3.63) is 65.2 Å². The molecule has 0 aromatic heterocycles. The van der Waals surface area contributed by atoms with Crippen molar-refractivity contribution in [1.29, 1.82) is 0 Å². The summed E-state index contributed by atoms with van der Waals surface area (Å²) < 4.78 is 5.85. The molecule has 0 heterocycles. The van der Waals surface area contributed by atoms with Gasteiger partial charge in [0.15, 0.2) is 0 Å². The second kappa shape index (κ2) is 8.48. The predicted molar refractivity (Wildman–Crippen MR) is 88.6 cm³/mol. The number of hydrogen-bond donors (Lipinski definition) is 1. The summed E-state index contributed by atoms with van der Waals surface area (Å²) >= 11 is 0. The van der Waals surface area contributed by atoms with Crippen LogP contribution < -0.4 is 10.1 Å². The van der Waals surface area contributed by atoms with Gasteiger partial charge in [0.25, 0.3) is 0 Å². The van der Waals surface area contributed by atoms with Gasteiger partial charge in [-0.2, -0.15) is 0 Å². The van der Waals surface area contributed by atoms with Crippen molar-refractivity contribution in [3.8, 4) is 5.75 Å². The normalized spacial score (nSPS) is 10.6. The number of hydrogen-bond acceptors (Lipinski definition) is 2. The second-order valence-corrected chi connectivity index (χ2v) is 5.39. The lowest BCUT2D eigenvalue weighted by Crippen LogP contribution is -2.14. The van der Waals surface area contributed by atoms with Gasteiger partial charge in [0.2, 0.25) is 0 Å². The highest BCUT2D eigenvalue weighted by molar-refractivity contribution is 5.29. The third-order valence-electron chi connectivity index (χ3n) is 3.62. The Kier molecular flexibility index (Phi) is 6.29. The molecule has 0 aliphatic carbocycles. The van der Waals surface area contributed by atoms with Crippen LogP contribution in [0.3, 0.4) is 0 Å². The van der Waals surface area contributed by atoms with Gasteiger partial charge in [0, 0.05) is 6.54 Å². The molecular weight excluding hydrogens is 258 g/mol. The van der Waals surface area contributed by atoms with Gasteiger partial charge in [-0.25, -0.2) is 0 Å². The van der Waals surface area contributed by atoms with E-state index < -0.39 is 0 Å². The van der Waals surface area contributed by atoms with E-state index in [2.05, 4.69) is 67.7 Å². The van der Waals surface area contributed by atoms with E-state index in [1.807, 2.05) is 0 Å². The third-order valence-corrected chi connectivity index (χ3v) is 3.62. The Morgan fingerprint density at radius 1 is 1.00 bits per heavy atom. The average Bonchev–Trinajstić information content (AvgIpc) is 2.52. The van der Waals surface area contributed by atoms with Crippen LogP contribution >= 0.6 is 0 Å². The maximum absolute atomic E-state index is 5.85. The van der Waals surface area contributed by atoms with Gasteiger partial charge in [-0.1, -0.05) is 49.7 Å². The minimum atomic E-state index is 0.626. The summed E-state index contributed by atoms with van der Waals surface area (Å²) in [6.45, 7) is 6.97. The largest absolute Gasteiger partial charge is 0.489 e. The fourth-order valence-corrected chi connectivity index (χ4v) is 2.17. The third kappa shape index (κ3) is 5.24. The number of rotatable bonds is 8. The Bertz CT molecular complexity index is 534. The zero-order chi connectivity index (χ0) is 14.9. The highest BCUT2D eigenvalue weighted by Crippen LogP contribution is 2.15. The van der Waals surface area contributed by atoms with Gasteiger partial charge < -0.3 is 10.1 Å². The van der Waals surface area contributed by atoms with Gasteiger partial charge in [-0.05, 0) is 48.7 Å². The summed E-state index contributed by atoms with van der Waals surface area (Å²) in [5.41, 5.74) is 3.81. The number of unbranched alkanes of at least 4 members (excludes halogenated alkanes) is 1. The van der Waals surface area contributed by atoms with E-state index in [0.29, 0.717) is 6.61 Å². The van der Waals surface area contributed by atoms with Crippen LogP contribution in [0, 0.1) is 6.92 Å². The van der Waals surface area contributed by atoms with Crippen LogP contribution in [0.1, 0.15) is 36.5 Å². The van der Waals surface area contributed by atoms with Crippen molar-refractivity contribution < 1.29 is 4.74 Å². The quantitative estimate of drug-likeness (QED) is 0.722. The number of ether oxygens (including phenoxy) is 1. The van der Waals surface area contributed by atoms with E-state index in [0.717, 1.165) is 18.8 Å². The molecule has 0 bridgehead atoms. The smallest absolute Gasteiger partial charge is 0.119 e. The van der Waals surface area contributed by atoms with Crippen LogP contribution in [-0.4, -0.2) is 6.54 Å². The van der Waals surface area contributed by atoms with E-state index >= 15 is 0 Å². The lowest BCUT2D eigenvalue weighted by molar-refractivity contribution is 0.305. The summed E-state index contributed by atoms with van der Waals surface area (Å²) in [6.07, 6.45) is 2.47. The molecule has 2 nitrogen and oxygen atoms in total. The molecule has 21 heavy (non-hydrogen) atoms. The molecule has 1 N–H and O–H groups in total. The number of nitrogens with one attached hydrogen (secondary N) is 1. The molecule has 0 aliphatic heterocycles. The minimum Gasteiger partial charge on any atom is -0.489 e. The van der Waals surface area contributed by atoms with Crippen molar-refractivity contribution >= 4 is 0 Å². The molecule has 2 heteroatoms. The number of benzene rings is 2. The molecular formula is C19H25NO. The van der Waals surface area contributed by atoms with Gasteiger partial charge in [0.05, 0.1) is 0 Å². The van der Waals surface area contributed by atoms with E-state index in [-0.39, 0.29) is 0 Å². The lowest BCUT2D eigenvalue weighted by atomic mass is 10.1. The fraction of sp³-hybridized carbons (Fsp3) is 0.368. The molecule has 2 aromatic rings. The molecule has 0 saturated heterocycles. The molecule has 0 saturated carbocycles. The maximum atomic E-state index is 5.85. The summed E-state index contributed by atoms with van der Waals surface area (Å²) in [5, 5.41) is 3.45. The van der Waals surface area contributed by atoms with E-state index in [1.54, 1.807) is 0 Å². The predicted octanol–water partition coefficient (Wildman–Crippen LogP) is 4.46. The Labute approximate surface area is 128 Å². The highest BCUT2D eigenvalue weighted by atomic mass is 16.5. The van der Waals surface area contributed by atoms with Gasteiger partial charge in [-0.3, -0.25) is 0 Å². The molecule has 2 aromatic carbocycles. The Balaban J connectivity index is 1.81. The highest BCUT2D eigenvalue weighted by Gasteiger charge is 1.99. The Morgan fingerprint density at radius 2 is 1.76 bits per heavy atom. The van der Waals surface area contributed by atoms with Crippen molar-refractivity contribution in [2.24, 2.45) is 0 Å². The van der Waals surface area contributed by atoms with Crippen LogP contribution in [0.15, 0.2) is 48.5 Å². The topological polar surface area (TPSA) is 21.3 Å². The molecule has 0 amide bonds. The van der Waals surface area contributed by atoms with E-state index in [9.17, 15) is 0 Å². The van der Waals surface area contributed by atoms with Crippen molar-refractivity contribution in [1.82, 2.24) is 5.32 Å². The maximum Gasteiger partial charge on any atom is 0.119 e. The lowest BCUT2D eigenvalue weighted by Gasteiger charge is -2.09. The molecule has 0 aliphatic rings. The molecule has 2 rings (SSSR count). The summed E-state index contributed by atoms with van der Waals surface area (Å²) in [4.78, 5) is 0. The van der Waals surface area contributed by atoms with Crippen LogP contribution in [0.25, 0.3) is 0 Å². The van der Waals surface area contributed by atoms with Crippen molar-refractivity contribution in [2.45, 2.75) is 39.8 Å². The average molecular weight is 283 g/mol. The van der Waals surface area contributed by atoms with Gasteiger partial charge >= 0.3 is 0 Å². The SMILES string of the molecule is CCCCNCc1ccc(OCc2ccccc2C)cc1. The number of aryl methyl sites for hydroxylation is 1. The molecule has 0 radical (unpaired) electrons. The molecule has 112 valence electrons. The first-order valence-corrected chi connectivity index (χ1v) is 7.76. The van der Waals surface area contributed by atoms with Crippen molar-refractivity contribution in [3.63, 3.8) is 0 Å². The first-order chi connectivity index (χ1) is 10.3. The van der Waals surface area contributed by atoms with Crippen LogP contribution in [-0.2, 0) is 13.2 Å². The Morgan fingerprint density at radius 3 is 2.48 bits per heavy atom. The monoisotopic (exact) mass is 283 g/mol.